The molecule has 0 radical (unpaired) electrons. The van der Waals surface area contributed by atoms with Crippen molar-refractivity contribution in [2.75, 3.05) is 31.4 Å². The number of ether oxygens (including phenoxy) is 2. The molecule has 1 aliphatic heterocycles. The molecule has 2 N–H and O–H groups in total. The molecule has 0 saturated heterocycles. The number of nitrogens with zero attached hydrogens (tertiary/aromatic N) is 5. The van der Waals surface area contributed by atoms with E-state index in [1.165, 1.54) is 0 Å². The number of benzene rings is 2. The molecule has 0 bridgehead atoms. The number of aryl methyl sites for hydroxylation is 1. The minimum Gasteiger partial charge on any atom is -0.494 e. The van der Waals surface area contributed by atoms with Crippen LogP contribution in [0.2, 0.25) is 5.02 Å². The number of halogens is 1. The highest BCUT2D eigenvalue weighted by Gasteiger charge is 2.28. The van der Waals surface area contributed by atoms with Gasteiger partial charge < -0.3 is 20.1 Å². The summed E-state index contributed by atoms with van der Waals surface area (Å²) in [5, 5.41) is 11.6. The van der Waals surface area contributed by atoms with Crippen LogP contribution in [0.4, 0.5) is 17.5 Å². The van der Waals surface area contributed by atoms with E-state index in [4.69, 9.17) is 26.1 Å². The SMILES string of the molecule is CNc1nc(Nc2ccc(-n3cnc(C)n3)c(OC)c2)nc2c1COCC2c1ccc(Cl)cc1. The maximum absolute atomic E-state index is 6.09. The van der Waals surface area contributed by atoms with Gasteiger partial charge in [-0.25, -0.2) is 14.6 Å². The molecule has 2 aromatic carbocycles. The summed E-state index contributed by atoms with van der Waals surface area (Å²) < 4.78 is 13.2. The number of fused-ring (bicyclic) bond motifs is 1. The summed E-state index contributed by atoms with van der Waals surface area (Å²) in [6.07, 6.45) is 1.66. The number of methoxy groups -OCH3 is 1. The molecule has 0 amide bonds. The minimum absolute atomic E-state index is 0.0240. The van der Waals surface area contributed by atoms with Crippen molar-refractivity contribution in [2.24, 2.45) is 0 Å². The standard InChI is InChI=1S/C24H24ClN7O2/c1-14-27-13-32(31-14)20-9-8-17(10-21(20)33-3)28-24-29-22-18(15-4-6-16(25)7-5-15)11-34-12-19(22)23(26-2)30-24/h4-10,13,18H,11-12H2,1-3H3,(H2,26,28,29,30). The number of hydrogen-bond acceptors (Lipinski definition) is 8. The van der Waals surface area contributed by atoms with E-state index in [1.54, 1.807) is 18.1 Å². The van der Waals surface area contributed by atoms with Crippen LogP contribution in [0, 0.1) is 6.92 Å². The fourth-order valence-corrected chi connectivity index (χ4v) is 4.16. The predicted octanol–water partition coefficient (Wildman–Crippen LogP) is 4.48. The van der Waals surface area contributed by atoms with Crippen molar-refractivity contribution in [3.63, 3.8) is 0 Å². The van der Waals surface area contributed by atoms with Crippen LogP contribution < -0.4 is 15.4 Å². The average molecular weight is 478 g/mol. The zero-order chi connectivity index (χ0) is 23.7. The van der Waals surface area contributed by atoms with Crippen LogP contribution in [0.25, 0.3) is 5.69 Å². The summed E-state index contributed by atoms with van der Waals surface area (Å²) in [6, 6.07) is 13.5. The fraction of sp³-hybridized carbons (Fsp3) is 0.250. The molecule has 0 fully saturated rings. The largest absolute Gasteiger partial charge is 0.494 e. The summed E-state index contributed by atoms with van der Waals surface area (Å²) in [7, 11) is 3.47. The van der Waals surface area contributed by atoms with Gasteiger partial charge in [0, 0.05) is 29.4 Å². The molecule has 5 rings (SSSR count). The molecule has 1 atom stereocenters. The van der Waals surface area contributed by atoms with Gasteiger partial charge >= 0.3 is 0 Å². The quantitative estimate of drug-likeness (QED) is 0.419. The Kier molecular flexibility index (Phi) is 6.04. The number of hydrogen-bond donors (Lipinski definition) is 2. The lowest BCUT2D eigenvalue weighted by Gasteiger charge is -2.27. The third kappa shape index (κ3) is 4.27. The second kappa shape index (κ2) is 9.28. The summed E-state index contributed by atoms with van der Waals surface area (Å²) in [6.45, 7) is 2.83. The predicted molar refractivity (Wildman–Crippen MR) is 130 cm³/mol. The van der Waals surface area contributed by atoms with Gasteiger partial charge in [-0.1, -0.05) is 23.7 Å². The van der Waals surface area contributed by atoms with Crippen LogP contribution in [0.5, 0.6) is 5.75 Å². The van der Waals surface area contributed by atoms with Gasteiger partial charge in [0.2, 0.25) is 5.95 Å². The molecule has 3 heterocycles. The van der Waals surface area contributed by atoms with E-state index in [1.807, 2.05) is 56.4 Å². The summed E-state index contributed by atoms with van der Waals surface area (Å²) in [4.78, 5) is 13.8. The van der Waals surface area contributed by atoms with E-state index in [2.05, 4.69) is 25.7 Å². The lowest BCUT2D eigenvalue weighted by Crippen LogP contribution is -2.22. The van der Waals surface area contributed by atoms with Crippen molar-refractivity contribution in [1.29, 1.82) is 0 Å². The zero-order valence-corrected chi connectivity index (χ0v) is 19.8. The smallest absolute Gasteiger partial charge is 0.229 e. The van der Waals surface area contributed by atoms with Crippen molar-refractivity contribution in [3.05, 3.63) is 76.5 Å². The van der Waals surface area contributed by atoms with E-state index in [9.17, 15) is 0 Å². The first-order valence-electron chi connectivity index (χ1n) is 10.8. The van der Waals surface area contributed by atoms with Crippen molar-refractivity contribution < 1.29 is 9.47 Å². The van der Waals surface area contributed by atoms with Gasteiger partial charge in [-0.2, -0.15) is 10.1 Å². The van der Waals surface area contributed by atoms with Crippen LogP contribution in [0.1, 0.15) is 28.6 Å². The first-order chi connectivity index (χ1) is 16.6. The average Bonchev–Trinajstić information content (AvgIpc) is 3.29. The molecule has 0 spiro atoms. The first kappa shape index (κ1) is 22.1. The van der Waals surface area contributed by atoms with Crippen LogP contribution >= 0.6 is 11.6 Å². The Balaban J connectivity index is 1.50. The van der Waals surface area contributed by atoms with Gasteiger partial charge in [0.1, 0.15) is 29.4 Å². The Bertz CT molecular complexity index is 1320. The van der Waals surface area contributed by atoms with Gasteiger partial charge in [-0.15, -0.1) is 0 Å². The Morgan fingerprint density at radius 3 is 2.68 bits per heavy atom. The molecular formula is C24H24ClN7O2. The zero-order valence-electron chi connectivity index (χ0n) is 19.0. The van der Waals surface area contributed by atoms with Crippen molar-refractivity contribution in [3.8, 4) is 11.4 Å². The molecular weight excluding hydrogens is 454 g/mol. The van der Waals surface area contributed by atoms with Gasteiger partial charge in [0.15, 0.2) is 0 Å². The van der Waals surface area contributed by atoms with E-state index in [-0.39, 0.29) is 5.92 Å². The normalized spacial score (nSPS) is 15.0. The van der Waals surface area contributed by atoms with E-state index < -0.39 is 0 Å². The van der Waals surface area contributed by atoms with Crippen molar-refractivity contribution >= 4 is 29.1 Å². The molecule has 1 aliphatic rings. The number of aromatic nitrogens is 5. The Hall–Kier alpha value is -3.69. The van der Waals surface area contributed by atoms with Gasteiger partial charge in [0.25, 0.3) is 0 Å². The monoisotopic (exact) mass is 477 g/mol. The van der Waals surface area contributed by atoms with Crippen molar-refractivity contribution in [2.45, 2.75) is 19.4 Å². The molecule has 174 valence electrons. The molecule has 0 aliphatic carbocycles. The minimum atomic E-state index is -0.0240. The van der Waals surface area contributed by atoms with E-state index >= 15 is 0 Å². The molecule has 0 saturated carbocycles. The van der Waals surface area contributed by atoms with E-state index in [0.29, 0.717) is 35.8 Å². The lowest BCUT2D eigenvalue weighted by molar-refractivity contribution is 0.0979. The Morgan fingerprint density at radius 2 is 1.97 bits per heavy atom. The van der Waals surface area contributed by atoms with Crippen molar-refractivity contribution in [1.82, 2.24) is 24.7 Å². The number of rotatable bonds is 6. The fourth-order valence-electron chi connectivity index (χ4n) is 4.04. The van der Waals surface area contributed by atoms with Crippen LogP contribution in [-0.2, 0) is 11.3 Å². The Labute approximate surface area is 202 Å². The second-order valence-corrected chi connectivity index (χ2v) is 8.31. The number of nitrogens with one attached hydrogen (secondary N) is 2. The molecule has 9 nitrogen and oxygen atoms in total. The lowest BCUT2D eigenvalue weighted by atomic mass is 9.91. The topological polar surface area (TPSA) is 99.0 Å². The molecule has 2 aromatic heterocycles. The maximum atomic E-state index is 6.09. The maximum Gasteiger partial charge on any atom is 0.229 e. The number of anilines is 3. The molecule has 4 aromatic rings. The molecule has 10 heteroatoms. The summed E-state index contributed by atoms with van der Waals surface area (Å²) in [5.74, 6) is 2.52. The molecule has 34 heavy (non-hydrogen) atoms. The second-order valence-electron chi connectivity index (χ2n) is 7.88. The van der Waals surface area contributed by atoms with Crippen LogP contribution in [0.15, 0.2) is 48.8 Å². The first-order valence-corrected chi connectivity index (χ1v) is 11.2. The highest BCUT2D eigenvalue weighted by Crippen LogP contribution is 2.36. The highest BCUT2D eigenvalue weighted by molar-refractivity contribution is 6.30. The summed E-state index contributed by atoms with van der Waals surface area (Å²) in [5.41, 5.74) is 4.54. The molecule has 1 unspecified atom stereocenters. The van der Waals surface area contributed by atoms with E-state index in [0.717, 1.165) is 34.0 Å². The Morgan fingerprint density at radius 1 is 1.15 bits per heavy atom. The van der Waals surface area contributed by atoms with Gasteiger partial charge in [0.05, 0.1) is 31.9 Å². The highest BCUT2D eigenvalue weighted by atomic mass is 35.5. The third-order valence-electron chi connectivity index (χ3n) is 5.70. The van der Waals surface area contributed by atoms with Crippen LogP contribution in [-0.4, -0.2) is 45.5 Å². The third-order valence-corrected chi connectivity index (χ3v) is 5.95. The summed E-state index contributed by atoms with van der Waals surface area (Å²) >= 11 is 6.09. The van der Waals surface area contributed by atoms with Gasteiger partial charge in [-0.05, 0) is 36.8 Å². The van der Waals surface area contributed by atoms with Gasteiger partial charge in [-0.3, -0.25) is 0 Å². The van der Waals surface area contributed by atoms with Crippen LogP contribution in [0.3, 0.4) is 0 Å².